The molecule has 1 aromatic carbocycles. The highest BCUT2D eigenvalue weighted by Crippen LogP contribution is 2.35. The van der Waals surface area contributed by atoms with Crippen LogP contribution in [0.15, 0.2) is 54.9 Å². The standard InChI is InChI=1S/C21H15ClN4O.C2HF3O2/c22-19-18-16(6-8-24-21(18)27)26-20(19)13-5-7-23-17(10-13)14-9-12-3-1-2-4-15(12)25-11-14;3-2(4,5)1(6)7/h1-5,7,9-11,26H,6,8H2,(H,24,27);(H,6,7). The molecule has 1 aliphatic heterocycles. The molecule has 0 unspecified atom stereocenters. The number of fused-ring (bicyclic) bond motifs is 2. The number of alkyl halides is 3. The molecule has 0 bridgehead atoms. The van der Waals surface area contributed by atoms with Crippen molar-refractivity contribution in [2.24, 2.45) is 0 Å². The molecule has 0 spiro atoms. The molecule has 3 aromatic heterocycles. The summed E-state index contributed by atoms with van der Waals surface area (Å²) in [6.45, 7) is 0.618. The molecule has 0 aliphatic carbocycles. The third kappa shape index (κ3) is 4.72. The third-order valence-electron chi connectivity index (χ3n) is 5.08. The van der Waals surface area contributed by atoms with E-state index < -0.39 is 12.1 Å². The van der Waals surface area contributed by atoms with Crippen molar-refractivity contribution in [1.82, 2.24) is 20.3 Å². The van der Waals surface area contributed by atoms with Gasteiger partial charge in [0.15, 0.2) is 0 Å². The van der Waals surface area contributed by atoms with Gasteiger partial charge in [-0.05, 0) is 24.3 Å². The van der Waals surface area contributed by atoms with Crippen molar-refractivity contribution in [3.8, 4) is 22.5 Å². The summed E-state index contributed by atoms with van der Waals surface area (Å²) in [5.74, 6) is -2.88. The van der Waals surface area contributed by atoms with Gasteiger partial charge in [-0.1, -0.05) is 29.8 Å². The van der Waals surface area contributed by atoms with Crippen LogP contribution in [0.2, 0.25) is 5.02 Å². The number of rotatable bonds is 2. The lowest BCUT2D eigenvalue weighted by Crippen LogP contribution is -2.31. The van der Waals surface area contributed by atoms with E-state index in [1.54, 1.807) is 6.20 Å². The van der Waals surface area contributed by atoms with Gasteiger partial charge in [0.1, 0.15) is 0 Å². The van der Waals surface area contributed by atoms with E-state index in [-0.39, 0.29) is 5.91 Å². The number of aromatic nitrogens is 3. The molecule has 0 saturated heterocycles. The van der Waals surface area contributed by atoms with Crippen molar-refractivity contribution in [2.75, 3.05) is 6.54 Å². The fourth-order valence-corrected chi connectivity index (χ4v) is 3.85. The SMILES string of the molecule is O=C(O)C(F)(F)F.O=C1NCCc2[nH]c(-c3ccnc(-c4cnc5ccccc5c4)c3)c(Cl)c21. The number of pyridine rings is 2. The molecule has 4 heterocycles. The van der Waals surface area contributed by atoms with Crippen LogP contribution >= 0.6 is 11.6 Å². The van der Waals surface area contributed by atoms with Crippen LogP contribution in [0.3, 0.4) is 0 Å². The van der Waals surface area contributed by atoms with Crippen molar-refractivity contribution in [2.45, 2.75) is 12.6 Å². The molecule has 1 aliphatic rings. The lowest BCUT2D eigenvalue weighted by molar-refractivity contribution is -0.192. The van der Waals surface area contributed by atoms with E-state index in [0.717, 1.165) is 45.5 Å². The van der Waals surface area contributed by atoms with E-state index in [1.807, 2.05) is 42.6 Å². The highest BCUT2D eigenvalue weighted by atomic mass is 35.5. The summed E-state index contributed by atoms with van der Waals surface area (Å²) < 4.78 is 31.7. The van der Waals surface area contributed by atoms with Crippen LogP contribution in [0.5, 0.6) is 0 Å². The molecular weight excluding hydrogens is 473 g/mol. The third-order valence-corrected chi connectivity index (χ3v) is 5.46. The van der Waals surface area contributed by atoms with Crippen LogP contribution < -0.4 is 5.32 Å². The summed E-state index contributed by atoms with van der Waals surface area (Å²) >= 11 is 6.52. The fraction of sp³-hybridized carbons (Fsp3) is 0.130. The van der Waals surface area contributed by atoms with Gasteiger partial charge >= 0.3 is 12.1 Å². The Kier molecular flexibility index (Phi) is 6.25. The molecule has 4 aromatic rings. The molecule has 0 saturated carbocycles. The minimum absolute atomic E-state index is 0.128. The fourth-order valence-electron chi connectivity index (χ4n) is 3.49. The Morgan fingerprint density at radius 1 is 1.09 bits per heavy atom. The average molecular weight is 489 g/mol. The first kappa shape index (κ1) is 23.2. The van der Waals surface area contributed by atoms with Gasteiger partial charge in [0.25, 0.3) is 5.91 Å². The first-order valence-electron chi connectivity index (χ1n) is 9.95. The zero-order valence-corrected chi connectivity index (χ0v) is 18.0. The van der Waals surface area contributed by atoms with Gasteiger partial charge in [-0.2, -0.15) is 13.2 Å². The molecular formula is C23H16ClF3N4O3. The van der Waals surface area contributed by atoms with Crippen LogP contribution in [-0.2, 0) is 11.2 Å². The Labute approximate surface area is 195 Å². The molecule has 11 heteroatoms. The number of carboxylic acid groups (broad SMARTS) is 1. The van der Waals surface area contributed by atoms with E-state index in [2.05, 4.69) is 26.3 Å². The number of halogens is 4. The van der Waals surface area contributed by atoms with E-state index in [4.69, 9.17) is 21.5 Å². The summed E-state index contributed by atoms with van der Waals surface area (Å²) in [6, 6.07) is 13.9. The molecule has 5 rings (SSSR count). The van der Waals surface area contributed by atoms with Crippen LogP contribution in [-0.4, -0.2) is 44.7 Å². The summed E-state index contributed by atoms with van der Waals surface area (Å²) in [4.78, 5) is 33.4. The van der Waals surface area contributed by atoms with E-state index in [9.17, 15) is 18.0 Å². The molecule has 0 atom stereocenters. The van der Waals surface area contributed by atoms with Gasteiger partial charge < -0.3 is 15.4 Å². The van der Waals surface area contributed by atoms with E-state index in [1.165, 1.54) is 0 Å². The van der Waals surface area contributed by atoms with Gasteiger partial charge in [-0.25, -0.2) is 4.79 Å². The first-order valence-corrected chi connectivity index (χ1v) is 10.3. The quantitative estimate of drug-likeness (QED) is 0.373. The Hall–Kier alpha value is -3.92. The van der Waals surface area contributed by atoms with Crippen molar-refractivity contribution in [3.05, 3.63) is 71.1 Å². The number of nitrogens with one attached hydrogen (secondary N) is 2. The van der Waals surface area contributed by atoms with E-state index in [0.29, 0.717) is 17.1 Å². The number of hydrogen-bond acceptors (Lipinski definition) is 4. The van der Waals surface area contributed by atoms with Crippen LogP contribution in [0.25, 0.3) is 33.4 Å². The lowest BCUT2D eigenvalue weighted by Gasteiger charge is -2.11. The predicted octanol–water partition coefficient (Wildman–Crippen LogP) is 4.86. The zero-order valence-electron chi connectivity index (χ0n) is 17.3. The van der Waals surface area contributed by atoms with Gasteiger partial charge in [0.2, 0.25) is 0 Å². The maximum atomic E-state index is 12.1. The highest BCUT2D eigenvalue weighted by molar-refractivity contribution is 6.36. The number of carbonyl (C=O) groups is 2. The molecule has 3 N–H and O–H groups in total. The maximum Gasteiger partial charge on any atom is 0.490 e. The average Bonchev–Trinajstić information content (AvgIpc) is 3.16. The van der Waals surface area contributed by atoms with Crippen LogP contribution in [0.1, 0.15) is 16.1 Å². The van der Waals surface area contributed by atoms with Gasteiger partial charge in [-0.15, -0.1) is 0 Å². The summed E-state index contributed by atoms with van der Waals surface area (Å²) in [6.07, 6.45) is -0.771. The zero-order chi connectivity index (χ0) is 24.5. The second-order valence-corrected chi connectivity index (χ2v) is 7.70. The number of carboxylic acids is 1. The highest BCUT2D eigenvalue weighted by Gasteiger charge is 2.38. The second-order valence-electron chi connectivity index (χ2n) is 7.32. The minimum atomic E-state index is -5.08. The molecule has 34 heavy (non-hydrogen) atoms. The Morgan fingerprint density at radius 2 is 1.82 bits per heavy atom. The summed E-state index contributed by atoms with van der Waals surface area (Å²) in [5.41, 5.74) is 5.74. The summed E-state index contributed by atoms with van der Waals surface area (Å²) in [7, 11) is 0. The number of hydrogen-bond donors (Lipinski definition) is 3. The van der Waals surface area contributed by atoms with Crippen LogP contribution in [0.4, 0.5) is 13.2 Å². The Morgan fingerprint density at radius 3 is 2.53 bits per heavy atom. The summed E-state index contributed by atoms with van der Waals surface area (Å²) in [5, 5.41) is 11.5. The predicted molar refractivity (Wildman–Crippen MR) is 119 cm³/mol. The van der Waals surface area contributed by atoms with Gasteiger partial charge in [-0.3, -0.25) is 14.8 Å². The van der Waals surface area contributed by atoms with Gasteiger partial charge in [0.05, 0.1) is 27.5 Å². The molecule has 0 fully saturated rings. The number of carbonyl (C=O) groups excluding carboxylic acids is 1. The normalized spacial score (nSPS) is 13.0. The van der Waals surface area contributed by atoms with E-state index >= 15 is 0 Å². The number of para-hydroxylation sites is 1. The second kappa shape index (κ2) is 9.14. The molecule has 7 nitrogen and oxygen atoms in total. The number of benzene rings is 1. The van der Waals surface area contributed by atoms with Crippen molar-refractivity contribution >= 4 is 34.4 Å². The van der Waals surface area contributed by atoms with Crippen LogP contribution in [0, 0.1) is 0 Å². The Balaban J connectivity index is 0.000000344. The number of nitrogens with zero attached hydrogens (tertiary/aromatic N) is 2. The largest absolute Gasteiger partial charge is 0.490 e. The van der Waals surface area contributed by atoms with Crippen molar-refractivity contribution in [1.29, 1.82) is 0 Å². The molecule has 0 radical (unpaired) electrons. The first-order chi connectivity index (χ1) is 16.1. The monoisotopic (exact) mass is 488 g/mol. The smallest absolute Gasteiger partial charge is 0.475 e. The molecule has 1 amide bonds. The number of H-pyrrole nitrogens is 1. The number of aromatic amines is 1. The number of aliphatic carboxylic acids is 1. The maximum absolute atomic E-state index is 12.1. The van der Waals surface area contributed by atoms with Crippen molar-refractivity contribution < 1.29 is 27.9 Å². The minimum Gasteiger partial charge on any atom is -0.475 e. The topological polar surface area (TPSA) is 108 Å². The van der Waals surface area contributed by atoms with Gasteiger partial charge in [0, 0.05) is 47.6 Å². The molecule has 174 valence electrons. The lowest BCUT2D eigenvalue weighted by atomic mass is 10.1. The Bertz CT molecular complexity index is 1400. The number of amides is 1. The van der Waals surface area contributed by atoms with Crippen molar-refractivity contribution in [3.63, 3.8) is 0 Å².